The Balaban J connectivity index is 1.92. The van der Waals surface area contributed by atoms with Crippen molar-refractivity contribution < 1.29 is 0 Å². The molecule has 0 aliphatic carbocycles. The number of rotatable bonds is 6. The molecular formula is C14H18N4S. The van der Waals surface area contributed by atoms with Crippen molar-refractivity contribution in [3.8, 4) is 0 Å². The fourth-order valence-electron chi connectivity index (χ4n) is 1.51. The van der Waals surface area contributed by atoms with Gasteiger partial charge in [-0.15, -0.1) is 0 Å². The van der Waals surface area contributed by atoms with Crippen LogP contribution < -0.4 is 5.32 Å². The number of aryl methyl sites for hydroxylation is 1. The lowest BCUT2D eigenvalue weighted by Gasteiger charge is -2.04. The van der Waals surface area contributed by atoms with Gasteiger partial charge in [0.2, 0.25) is 0 Å². The van der Waals surface area contributed by atoms with Gasteiger partial charge in [0, 0.05) is 25.1 Å². The summed E-state index contributed by atoms with van der Waals surface area (Å²) in [5.41, 5.74) is 2.26. The summed E-state index contributed by atoms with van der Waals surface area (Å²) in [6.07, 6.45) is 6.68. The third-order valence-corrected chi connectivity index (χ3v) is 3.35. The molecule has 2 aromatic heterocycles. The highest BCUT2D eigenvalue weighted by Gasteiger charge is 2.01. The Morgan fingerprint density at radius 2 is 1.89 bits per heavy atom. The second-order valence-electron chi connectivity index (χ2n) is 4.33. The van der Waals surface area contributed by atoms with Gasteiger partial charge in [-0.2, -0.15) is 0 Å². The van der Waals surface area contributed by atoms with E-state index in [1.54, 1.807) is 0 Å². The van der Waals surface area contributed by atoms with Crippen LogP contribution in [0.25, 0.3) is 0 Å². The van der Waals surface area contributed by atoms with Crippen LogP contribution >= 0.6 is 11.8 Å². The van der Waals surface area contributed by atoms with Gasteiger partial charge in [0.1, 0.15) is 5.03 Å². The lowest BCUT2D eigenvalue weighted by atomic mass is 10.3. The highest BCUT2D eigenvalue weighted by Crippen LogP contribution is 2.21. The summed E-state index contributed by atoms with van der Waals surface area (Å²) in [6.45, 7) is 6.04. The number of nitrogens with zero attached hydrogens (tertiary/aromatic N) is 3. The lowest BCUT2D eigenvalue weighted by Crippen LogP contribution is -2.13. The third kappa shape index (κ3) is 4.61. The Kier molecular flexibility index (Phi) is 5.30. The van der Waals surface area contributed by atoms with E-state index in [-0.39, 0.29) is 0 Å². The second-order valence-corrected chi connectivity index (χ2v) is 5.31. The molecule has 0 spiro atoms. The second kappa shape index (κ2) is 7.21. The van der Waals surface area contributed by atoms with E-state index in [4.69, 9.17) is 0 Å². The zero-order valence-corrected chi connectivity index (χ0v) is 12.1. The topological polar surface area (TPSA) is 50.7 Å². The summed E-state index contributed by atoms with van der Waals surface area (Å²) in [5.74, 6) is 0. The molecule has 0 unspecified atom stereocenters. The lowest BCUT2D eigenvalue weighted by molar-refractivity contribution is 0.673. The molecule has 1 N–H and O–H groups in total. The Morgan fingerprint density at radius 3 is 2.53 bits per heavy atom. The molecule has 0 fully saturated rings. The molecule has 5 heteroatoms. The molecule has 2 aromatic rings. The molecule has 2 rings (SSSR count). The molecular weight excluding hydrogens is 256 g/mol. The van der Waals surface area contributed by atoms with Gasteiger partial charge in [0.05, 0.1) is 0 Å². The van der Waals surface area contributed by atoms with Crippen LogP contribution in [0.3, 0.4) is 0 Å². The molecule has 100 valence electrons. The summed E-state index contributed by atoms with van der Waals surface area (Å²) >= 11 is 1.48. The van der Waals surface area contributed by atoms with Crippen molar-refractivity contribution in [2.45, 2.75) is 37.0 Å². The number of hydrogen-bond donors (Lipinski definition) is 1. The highest BCUT2D eigenvalue weighted by atomic mass is 32.2. The molecule has 19 heavy (non-hydrogen) atoms. The maximum absolute atomic E-state index is 4.42. The van der Waals surface area contributed by atoms with Crippen molar-refractivity contribution in [1.29, 1.82) is 0 Å². The van der Waals surface area contributed by atoms with Crippen molar-refractivity contribution in [3.05, 3.63) is 41.9 Å². The Labute approximate surface area is 118 Å². The number of nitrogens with one attached hydrogen (secondary N) is 1. The van der Waals surface area contributed by atoms with Gasteiger partial charge >= 0.3 is 0 Å². The van der Waals surface area contributed by atoms with E-state index in [9.17, 15) is 0 Å². The van der Waals surface area contributed by atoms with Gasteiger partial charge in [0.25, 0.3) is 0 Å². The first-order valence-electron chi connectivity index (χ1n) is 6.40. The van der Waals surface area contributed by atoms with Gasteiger partial charge in [-0.05, 0) is 48.8 Å². The largest absolute Gasteiger partial charge is 0.313 e. The minimum Gasteiger partial charge on any atom is -0.313 e. The summed E-state index contributed by atoms with van der Waals surface area (Å²) in [5, 5.41) is 5.01. The van der Waals surface area contributed by atoms with Crippen LogP contribution in [-0.4, -0.2) is 21.5 Å². The smallest absolute Gasteiger partial charge is 0.193 e. The van der Waals surface area contributed by atoms with E-state index >= 15 is 0 Å². The van der Waals surface area contributed by atoms with Crippen LogP contribution in [0.4, 0.5) is 0 Å². The Morgan fingerprint density at radius 1 is 1.11 bits per heavy atom. The minimum absolute atomic E-state index is 0.731. The van der Waals surface area contributed by atoms with Crippen molar-refractivity contribution in [3.63, 3.8) is 0 Å². The van der Waals surface area contributed by atoms with Crippen LogP contribution in [0.5, 0.6) is 0 Å². The van der Waals surface area contributed by atoms with Crippen molar-refractivity contribution in [1.82, 2.24) is 20.3 Å². The number of aromatic nitrogens is 3. The molecule has 0 radical (unpaired) electrons. The quantitative estimate of drug-likeness (QED) is 0.648. The summed E-state index contributed by atoms with van der Waals surface area (Å²) in [7, 11) is 0. The van der Waals surface area contributed by atoms with E-state index < -0.39 is 0 Å². The Hall–Kier alpha value is -1.46. The van der Waals surface area contributed by atoms with Crippen LogP contribution in [0, 0.1) is 6.92 Å². The van der Waals surface area contributed by atoms with E-state index in [1.165, 1.54) is 17.3 Å². The minimum atomic E-state index is 0.731. The average molecular weight is 274 g/mol. The van der Waals surface area contributed by atoms with Gasteiger partial charge in [-0.3, -0.25) is 0 Å². The third-order valence-electron chi connectivity index (χ3n) is 2.51. The summed E-state index contributed by atoms with van der Waals surface area (Å²) < 4.78 is 0. The molecule has 0 bridgehead atoms. The Bertz CT molecular complexity index is 496. The fourth-order valence-corrected chi connectivity index (χ4v) is 2.15. The molecule has 0 atom stereocenters. The maximum Gasteiger partial charge on any atom is 0.193 e. The van der Waals surface area contributed by atoms with Gasteiger partial charge in [-0.25, -0.2) is 15.0 Å². The van der Waals surface area contributed by atoms with E-state index in [2.05, 4.69) is 33.3 Å². The van der Waals surface area contributed by atoms with Crippen molar-refractivity contribution in [2.24, 2.45) is 0 Å². The van der Waals surface area contributed by atoms with E-state index in [0.29, 0.717) is 0 Å². The summed E-state index contributed by atoms with van der Waals surface area (Å²) in [4.78, 5) is 12.9. The summed E-state index contributed by atoms with van der Waals surface area (Å²) in [6, 6.07) is 4.10. The van der Waals surface area contributed by atoms with E-state index in [0.717, 1.165) is 35.3 Å². The molecule has 0 aliphatic rings. The normalized spacial score (nSPS) is 10.6. The molecule has 0 amide bonds. The van der Waals surface area contributed by atoms with Crippen LogP contribution in [0.2, 0.25) is 0 Å². The number of pyridine rings is 1. The molecule has 0 aromatic carbocycles. The molecule has 0 aliphatic heterocycles. The van der Waals surface area contributed by atoms with Crippen molar-refractivity contribution >= 4 is 11.8 Å². The average Bonchev–Trinajstić information content (AvgIpc) is 2.44. The first-order valence-corrected chi connectivity index (χ1v) is 7.21. The van der Waals surface area contributed by atoms with Gasteiger partial charge in [0.15, 0.2) is 5.16 Å². The molecule has 2 heterocycles. The highest BCUT2D eigenvalue weighted by molar-refractivity contribution is 7.99. The fraction of sp³-hybridized carbons (Fsp3) is 0.357. The van der Waals surface area contributed by atoms with Crippen LogP contribution in [0.15, 0.2) is 40.9 Å². The van der Waals surface area contributed by atoms with Crippen LogP contribution in [-0.2, 0) is 6.54 Å². The SMILES string of the molecule is CCCNCc1ccc(Sc2ncc(C)cn2)nc1. The standard InChI is InChI=1S/C14H18N4S/c1-3-6-15-9-12-4-5-13(16-10-12)19-14-17-7-11(2)8-18-14/h4-5,7-8,10,15H,3,6,9H2,1-2H3. The van der Waals surface area contributed by atoms with Gasteiger partial charge < -0.3 is 5.32 Å². The maximum atomic E-state index is 4.42. The first kappa shape index (κ1) is 14.0. The molecule has 4 nitrogen and oxygen atoms in total. The zero-order valence-electron chi connectivity index (χ0n) is 11.3. The zero-order chi connectivity index (χ0) is 13.5. The van der Waals surface area contributed by atoms with Gasteiger partial charge in [-0.1, -0.05) is 13.0 Å². The molecule has 0 saturated carbocycles. The molecule has 0 saturated heterocycles. The predicted octanol–water partition coefficient (Wildman–Crippen LogP) is 2.83. The first-order chi connectivity index (χ1) is 9.28. The van der Waals surface area contributed by atoms with E-state index in [1.807, 2.05) is 31.6 Å². The number of hydrogen-bond acceptors (Lipinski definition) is 5. The van der Waals surface area contributed by atoms with Crippen LogP contribution in [0.1, 0.15) is 24.5 Å². The van der Waals surface area contributed by atoms with Crippen molar-refractivity contribution in [2.75, 3.05) is 6.54 Å². The monoisotopic (exact) mass is 274 g/mol. The predicted molar refractivity (Wildman–Crippen MR) is 77.1 cm³/mol.